The van der Waals surface area contributed by atoms with Crippen molar-refractivity contribution in [1.82, 2.24) is 9.62 Å². The first kappa shape index (κ1) is 19.4. The average Bonchev–Trinajstić information content (AvgIpc) is 3.19. The van der Waals surface area contributed by atoms with E-state index >= 15 is 0 Å². The van der Waals surface area contributed by atoms with Crippen molar-refractivity contribution in [2.45, 2.75) is 43.7 Å². The van der Waals surface area contributed by atoms with Gasteiger partial charge in [-0.2, -0.15) is 4.31 Å². The first-order chi connectivity index (χ1) is 12.9. The van der Waals surface area contributed by atoms with E-state index in [1.54, 1.807) is 18.2 Å². The monoisotopic (exact) mass is 392 g/mol. The summed E-state index contributed by atoms with van der Waals surface area (Å²) < 4.78 is 38.3. The van der Waals surface area contributed by atoms with Gasteiger partial charge < -0.3 is 14.5 Å². The molecule has 1 aliphatic rings. The number of nitrogens with one attached hydrogen (secondary N) is 1. The van der Waals surface area contributed by atoms with Gasteiger partial charge in [0.15, 0.2) is 0 Å². The number of ether oxygens (including phenoxy) is 1. The molecule has 7 nitrogen and oxygen atoms in total. The van der Waals surface area contributed by atoms with Gasteiger partial charge in [0, 0.05) is 18.2 Å². The smallest absolute Gasteiger partial charge is 0.251 e. The van der Waals surface area contributed by atoms with Gasteiger partial charge in [0.05, 0.1) is 19.9 Å². The summed E-state index contributed by atoms with van der Waals surface area (Å²) in [6.45, 7) is 2.60. The van der Waals surface area contributed by atoms with E-state index in [9.17, 15) is 13.2 Å². The highest BCUT2D eigenvalue weighted by atomic mass is 32.2. The van der Waals surface area contributed by atoms with Gasteiger partial charge in [-0.25, -0.2) is 8.42 Å². The molecule has 0 saturated carbocycles. The molecular formula is C19H24N2O5S. The predicted octanol–water partition coefficient (Wildman–Crippen LogP) is 2.78. The molecule has 8 heteroatoms. The second-order valence-corrected chi connectivity index (χ2v) is 8.45. The SMILES string of the molecule is COc1ccc(C(=O)NCc2ccco2)cc1S(=O)(=O)N1CCCC[C@@H]1C. The Labute approximate surface area is 159 Å². The van der Waals surface area contributed by atoms with Gasteiger partial charge >= 0.3 is 0 Å². The summed E-state index contributed by atoms with van der Waals surface area (Å²) in [5.74, 6) is 0.472. The van der Waals surface area contributed by atoms with E-state index < -0.39 is 10.0 Å². The number of hydrogen-bond acceptors (Lipinski definition) is 5. The van der Waals surface area contributed by atoms with Crippen LogP contribution in [0.3, 0.4) is 0 Å². The van der Waals surface area contributed by atoms with Gasteiger partial charge in [-0.05, 0) is 50.1 Å². The highest BCUT2D eigenvalue weighted by molar-refractivity contribution is 7.89. The number of rotatable bonds is 6. The van der Waals surface area contributed by atoms with Crippen LogP contribution in [0.4, 0.5) is 0 Å². The fourth-order valence-electron chi connectivity index (χ4n) is 3.26. The number of amides is 1. The van der Waals surface area contributed by atoms with Crippen molar-refractivity contribution in [1.29, 1.82) is 0 Å². The third kappa shape index (κ3) is 4.17. The molecule has 1 N–H and O–H groups in total. The zero-order chi connectivity index (χ0) is 19.4. The van der Waals surface area contributed by atoms with Crippen LogP contribution >= 0.6 is 0 Å². The van der Waals surface area contributed by atoms with E-state index in [2.05, 4.69) is 5.32 Å². The maximum absolute atomic E-state index is 13.2. The lowest BCUT2D eigenvalue weighted by atomic mass is 10.1. The molecule has 0 radical (unpaired) electrons. The molecule has 1 aromatic heterocycles. The number of benzene rings is 1. The Morgan fingerprint density at radius 2 is 2.15 bits per heavy atom. The Balaban J connectivity index is 1.87. The van der Waals surface area contributed by atoms with Gasteiger partial charge in [-0.3, -0.25) is 4.79 Å². The Morgan fingerprint density at radius 1 is 1.33 bits per heavy atom. The quantitative estimate of drug-likeness (QED) is 0.817. The standard InChI is InChI=1S/C19H24N2O5S/c1-14-6-3-4-10-21(14)27(23,24)18-12-15(8-9-17(18)25-2)19(22)20-13-16-7-5-11-26-16/h5,7-9,11-12,14H,3-4,6,10,13H2,1-2H3,(H,20,22)/t14-/m0/s1. The number of carbonyl (C=O) groups is 1. The van der Waals surface area contributed by atoms with E-state index in [0.717, 1.165) is 19.3 Å². The average molecular weight is 392 g/mol. The number of piperidine rings is 1. The van der Waals surface area contributed by atoms with Gasteiger partial charge in [0.2, 0.25) is 10.0 Å². The molecule has 0 unspecified atom stereocenters. The number of sulfonamides is 1. The largest absolute Gasteiger partial charge is 0.495 e. The Morgan fingerprint density at radius 3 is 2.81 bits per heavy atom. The molecular weight excluding hydrogens is 368 g/mol. The summed E-state index contributed by atoms with van der Waals surface area (Å²) in [5, 5.41) is 2.72. The molecule has 27 heavy (non-hydrogen) atoms. The summed E-state index contributed by atoms with van der Waals surface area (Å²) in [5.41, 5.74) is 0.255. The molecule has 3 rings (SSSR count). The van der Waals surface area contributed by atoms with Gasteiger partial charge in [-0.1, -0.05) is 6.42 Å². The fraction of sp³-hybridized carbons (Fsp3) is 0.421. The molecule has 1 atom stereocenters. The second-order valence-electron chi connectivity index (χ2n) is 6.59. The van der Waals surface area contributed by atoms with Crippen molar-refractivity contribution in [2.24, 2.45) is 0 Å². The zero-order valence-corrected chi connectivity index (χ0v) is 16.3. The molecule has 1 aliphatic heterocycles. The third-order valence-electron chi connectivity index (χ3n) is 4.76. The number of hydrogen-bond donors (Lipinski definition) is 1. The fourth-order valence-corrected chi connectivity index (χ4v) is 5.14. The van der Waals surface area contributed by atoms with Crippen LogP contribution < -0.4 is 10.1 Å². The van der Waals surface area contributed by atoms with E-state index in [4.69, 9.17) is 9.15 Å². The second kappa shape index (κ2) is 8.14. The molecule has 0 spiro atoms. The van der Waals surface area contributed by atoms with E-state index in [1.165, 1.54) is 29.8 Å². The lowest BCUT2D eigenvalue weighted by molar-refractivity contribution is 0.0947. The summed E-state index contributed by atoms with van der Waals surface area (Å²) in [4.78, 5) is 12.5. The Kier molecular flexibility index (Phi) is 5.86. The van der Waals surface area contributed by atoms with E-state index in [1.807, 2.05) is 6.92 Å². The molecule has 2 aromatic rings. The van der Waals surface area contributed by atoms with Crippen molar-refractivity contribution < 1.29 is 22.4 Å². The minimum atomic E-state index is -3.76. The number of furan rings is 1. The third-order valence-corrected chi connectivity index (χ3v) is 6.79. The predicted molar refractivity (Wildman–Crippen MR) is 100 cm³/mol. The zero-order valence-electron chi connectivity index (χ0n) is 15.5. The van der Waals surface area contributed by atoms with Crippen LogP contribution in [0.25, 0.3) is 0 Å². The maximum Gasteiger partial charge on any atom is 0.251 e. The Bertz CT molecular complexity index is 893. The van der Waals surface area contributed by atoms with Crippen LogP contribution in [0.15, 0.2) is 45.9 Å². The van der Waals surface area contributed by atoms with Crippen molar-refractivity contribution in [3.63, 3.8) is 0 Å². The summed E-state index contributed by atoms with van der Waals surface area (Å²) in [6, 6.07) is 7.86. The summed E-state index contributed by atoms with van der Waals surface area (Å²) in [6.07, 6.45) is 4.19. The highest BCUT2D eigenvalue weighted by Crippen LogP contribution is 2.31. The number of nitrogens with zero attached hydrogens (tertiary/aromatic N) is 1. The Hall–Kier alpha value is -2.32. The molecule has 2 heterocycles. The first-order valence-corrected chi connectivity index (χ1v) is 10.4. The van der Waals surface area contributed by atoms with Crippen LogP contribution in [0, 0.1) is 0 Å². The van der Waals surface area contributed by atoms with Crippen molar-refractivity contribution >= 4 is 15.9 Å². The molecule has 1 fully saturated rings. The van der Waals surface area contributed by atoms with Crippen LogP contribution in [-0.2, 0) is 16.6 Å². The minimum absolute atomic E-state index is 0.0180. The van der Waals surface area contributed by atoms with Crippen molar-refractivity contribution in [2.75, 3.05) is 13.7 Å². The van der Waals surface area contributed by atoms with Crippen LogP contribution in [0.5, 0.6) is 5.75 Å². The molecule has 146 valence electrons. The van der Waals surface area contributed by atoms with Crippen molar-refractivity contribution in [3.8, 4) is 5.75 Å². The number of carbonyl (C=O) groups excluding carboxylic acids is 1. The van der Waals surface area contributed by atoms with Gasteiger partial charge in [0.25, 0.3) is 5.91 Å². The number of methoxy groups -OCH3 is 1. The molecule has 0 aliphatic carbocycles. The van der Waals surface area contributed by atoms with E-state index in [0.29, 0.717) is 12.3 Å². The first-order valence-electron chi connectivity index (χ1n) is 8.94. The summed E-state index contributed by atoms with van der Waals surface area (Å²) >= 11 is 0. The van der Waals surface area contributed by atoms with E-state index in [-0.39, 0.29) is 34.7 Å². The summed E-state index contributed by atoms with van der Waals surface area (Å²) in [7, 11) is -2.34. The van der Waals surface area contributed by atoms with Gasteiger partial charge in [-0.15, -0.1) is 0 Å². The molecule has 1 amide bonds. The van der Waals surface area contributed by atoms with Crippen LogP contribution in [0.1, 0.15) is 42.3 Å². The van der Waals surface area contributed by atoms with Crippen LogP contribution in [-0.4, -0.2) is 38.3 Å². The van der Waals surface area contributed by atoms with Gasteiger partial charge in [0.1, 0.15) is 16.4 Å². The van der Waals surface area contributed by atoms with Crippen LogP contribution in [0.2, 0.25) is 0 Å². The maximum atomic E-state index is 13.2. The minimum Gasteiger partial charge on any atom is -0.495 e. The topological polar surface area (TPSA) is 88.8 Å². The molecule has 1 aromatic carbocycles. The lowest BCUT2D eigenvalue weighted by Gasteiger charge is -2.32. The highest BCUT2D eigenvalue weighted by Gasteiger charge is 2.33. The van der Waals surface area contributed by atoms with Crippen molar-refractivity contribution in [3.05, 3.63) is 47.9 Å². The normalized spacial score (nSPS) is 18.2. The molecule has 0 bridgehead atoms. The molecule has 1 saturated heterocycles. The lowest BCUT2D eigenvalue weighted by Crippen LogP contribution is -2.42.